The van der Waals surface area contributed by atoms with E-state index in [2.05, 4.69) is 9.97 Å². The third kappa shape index (κ3) is 4.88. The molecular formula is C21H16Cl2N2O3. The molecule has 0 spiro atoms. The summed E-state index contributed by atoms with van der Waals surface area (Å²) in [4.78, 5) is 31.2. The number of aromatic amines is 1. The molecule has 3 rings (SSSR count). The first kappa shape index (κ1) is 19.9. The van der Waals surface area contributed by atoms with Crippen LogP contribution in [0.4, 0.5) is 0 Å². The molecule has 0 radical (unpaired) electrons. The van der Waals surface area contributed by atoms with Gasteiger partial charge in [0.1, 0.15) is 5.82 Å². The molecule has 0 saturated heterocycles. The molecule has 5 nitrogen and oxygen atoms in total. The second kappa shape index (κ2) is 8.87. The number of halogens is 2. The third-order valence-corrected chi connectivity index (χ3v) is 4.71. The molecule has 28 heavy (non-hydrogen) atoms. The van der Waals surface area contributed by atoms with Gasteiger partial charge in [-0.15, -0.1) is 0 Å². The largest absolute Gasteiger partial charge is 0.478 e. The molecule has 142 valence electrons. The van der Waals surface area contributed by atoms with E-state index in [0.717, 1.165) is 11.6 Å². The van der Waals surface area contributed by atoms with E-state index in [-0.39, 0.29) is 5.78 Å². The van der Waals surface area contributed by atoms with E-state index >= 15 is 0 Å². The number of ketones is 1. The normalized spacial score (nSPS) is 12.2. The Morgan fingerprint density at radius 3 is 2.57 bits per heavy atom. The molecule has 1 aromatic heterocycles. The fraction of sp³-hybridized carbons (Fsp3) is 0.0952. The second-order valence-corrected chi connectivity index (χ2v) is 6.94. The molecule has 2 aromatic carbocycles. The number of carboxylic acid groups (broad SMARTS) is 1. The van der Waals surface area contributed by atoms with Gasteiger partial charge in [0, 0.05) is 29.3 Å². The Hall–Kier alpha value is -2.89. The molecule has 1 heterocycles. The predicted molar refractivity (Wildman–Crippen MR) is 109 cm³/mol. The summed E-state index contributed by atoms with van der Waals surface area (Å²) in [5.41, 5.74) is 1.69. The maximum atomic E-state index is 13.2. The van der Waals surface area contributed by atoms with Crippen molar-refractivity contribution in [2.24, 2.45) is 0 Å². The Morgan fingerprint density at radius 1 is 1.14 bits per heavy atom. The van der Waals surface area contributed by atoms with E-state index in [0.29, 0.717) is 33.5 Å². The summed E-state index contributed by atoms with van der Waals surface area (Å²) in [5, 5.41) is 9.48. The highest BCUT2D eigenvalue weighted by molar-refractivity contribution is 6.37. The van der Waals surface area contributed by atoms with Gasteiger partial charge < -0.3 is 10.1 Å². The second-order valence-electron chi connectivity index (χ2n) is 6.10. The van der Waals surface area contributed by atoms with Crippen molar-refractivity contribution in [2.75, 3.05) is 0 Å². The highest BCUT2D eigenvalue weighted by Crippen LogP contribution is 2.29. The molecular weight excluding hydrogens is 399 g/mol. The van der Waals surface area contributed by atoms with Crippen LogP contribution in [0.1, 0.15) is 33.4 Å². The molecule has 2 N–H and O–H groups in total. The SMILES string of the molecule is O=C(O)/C=C/c1c[nH]c(CC(C(=O)c2ccc(Cl)cc2Cl)c2ccccc2)n1. The number of hydrogen-bond donors (Lipinski definition) is 2. The molecule has 1 atom stereocenters. The molecule has 0 aliphatic carbocycles. The number of carbonyl (C=O) groups excluding carboxylic acids is 1. The fourth-order valence-electron chi connectivity index (χ4n) is 2.84. The van der Waals surface area contributed by atoms with Crippen LogP contribution in [0.15, 0.2) is 60.8 Å². The van der Waals surface area contributed by atoms with Crippen molar-refractivity contribution in [1.29, 1.82) is 0 Å². The number of imidazole rings is 1. The zero-order valence-electron chi connectivity index (χ0n) is 14.6. The van der Waals surface area contributed by atoms with Crippen molar-refractivity contribution in [3.63, 3.8) is 0 Å². The Labute approximate surface area is 171 Å². The first-order valence-electron chi connectivity index (χ1n) is 8.43. The summed E-state index contributed by atoms with van der Waals surface area (Å²) in [6.45, 7) is 0. The third-order valence-electron chi connectivity index (χ3n) is 4.16. The number of rotatable bonds is 7. The monoisotopic (exact) mass is 414 g/mol. The summed E-state index contributed by atoms with van der Waals surface area (Å²) >= 11 is 12.2. The van der Waals surface area contributed by atoms with Crippen LogP contribution in [0.3, 0.4) is 0 Å². The fourth-order valence-corrected chi connectivity index (χ4v) is 3.34. The zero-order chi connectivity index (χ0) is 20.1. The molecule has 0 aliphatic heterocycles. The van der Waals surface area contributed by atoms with Crippen LogP contribution < -0.4 is 0 Å². The number of carbonyl (C=O) groups is 2. The highest BCUT2D eigenvalue weighted by Gasteiger charge is 2.25. The van der Waals surface area contributed by atoms with Crippen molar-refractivity contribution >= 4 is 41.0 Å². The average Bonchev–Trinajstić information content (AvgIpc) is 3.12. The maximum Gasteiger partial charge on any atom is 0.328 e. The minimum Gasteiger partial charge on any atom is -0.478 e. The van der Waals surface area contributed by atoms with E-state index in [1.54, 1.807) is 24.4 Å². The molecule has 0 fully saturated rings. The molecule has 0 bridgehead atoms. The molecule has 0 aliphatic rings. The minimum atomic E-state index is -1.06. The van der Waals surface area contributed by atoms with Gasteiger partial charge in [-0.1, -0.05) is 53.5 Å². The number of nitrogens with one attached hydrogen (secondary N) is 1. The van der Waals surface area contributed by atoms with Gasteiger partial charge in [-0.2, -0.15) is 0 Å². The number of carboxylic acids is 1. The summed E-state index contributed by atoms with van der Waals surface area (Å²) in [7, 11) is 0. The molecule has 0 saturated carbocycles. The van der Waals surface area contributed by atoms with Crippen LogP contribution in [-0.4, -0.2) is 26.8 Å². The van der Waals surface area contributed by atoms with Crippen LogP contribution >= 0.6 is 23.2 Å². The smallest absolute Gasteiger partial charge is 0.328 e. The van der Waals surface area contributed by atoms with Gasteiger partial charge in [0.2, 0.25) is 0 Å². The lowest BCUT2D eigenvalue weighted by Crippen LogP contribution is -2.17. The summed E-state index contributed by atoms with van der Waals surface area (Å²) in [5.74, 6) is -1.15. The quantitative estimate of drug-likeness (QED) is 0.419. The Bertz CT molecular complexity index is 1030. The summed E-state index contributed by atoms with van der Waals surface area (Å²) < 4.78 is 0. The minimum absolute atomic E-state index is 0.146. The van der Waals surface area contributed by atoms with Crippen LogP contribution in [0.5, 0.6) is 0 Å². The van der Waals surface area contributed by atoms with E-state index < -0.39 is 11.9 Å². The van der Waals surface area contributed by atoms with Gasteiger partial charge in [0.25, 0.3) is 0 Å². The Morgan fingerprint density at radius 2 is 1.89 bits per heavy atom. The van der Waals surface area contributed by atoms with Crippen LogP contribution in [-0.2, 0) is 11.2 Å². The van der Waals surface area contributed by atoms with Crippen LogP contribution in [0.2, 0.25) is 10.0 Å². The van der Waals surface area contributed by atoms with Gasteiger partial charge in [-0.25, -0.2) is 9.78 Å². The van der Waals surface area contributed by atoms with Gasteiger partial charge in [-0.05, 0) is 29.8 Å². The number of aromatic nitrogens is 2. The van der Waals surface area contributed by atoms with E-state index in [4.69, 9.17) is 28.3 Å². The first-order valence-corrected chi connectivity index (χ1v) is 9.19. The number of aliphatic carboxylic acids is 1. The molecule has 1 unspecified atom stereocenters. The van der Waals surface area contributed by atoms with E-state index in [1.807, 2.05) is 30.3 Å². The van der Waals surface area contributed by atoms with Crippen LogP contribution in [0, 0.1) is 0 Å². The molecule has 0 amide bonds. The number of Topliss-reactive ketones (excluding diaryl/α,β-unsaturated/α-hetero) is 1. The molecule has 3 aromatic rings. The lowest BCUT2D eigenvalue weighted by Gasteiger charge is -2.16. The predicted octanol–water partition coefficient (Wildman–Crippen LogP) is 5.02. The van der Waals surface area contributed by atoms with Gasteiger partial charge >= 0.3 is 5.97 Å². The summed E-state index contributed by atoms with van der Waals surface area (Å²) in [6.07, 6.45) is 4.30. The topological polar surface area (TPSA) is 83.0 Å². The highest BCUT2D eigenvalue weighted by atomic mass is 35.5. The zero-order valence-corrected chi connectivity index (χ0v) is 16.1. The lowest BCUT2D eigenvalue weighted by molar-refractivity contribution is -0.131. The van der Waals surface area contributed by atoms with Crippen molar-refractivity contribution in [1.82, 2.24) is 9.97 Å². The number of benzene rings is 2. The number of nitrogens with zero attached hydrogens (tertiary/aromatic N) is 1. The van der Waals surface area contributed by atoms with Gasteiger partial charge in [-0.3, -0.25) is 4.79 Å². The van der Waals surface area contributed by atoms with E-state index in [9.17, 15) is 9.59 Å². The summed E-state index contributed by atoms with van der Waals surface area (Å²) in [6, 6.07) is 14.1. The van der Waals surface area contributed by atoms with Gasteiger partial charge in [0.15, 0.2) is 5.78 Å². The lowest BCUT2D eigenvalue weighted by atomic mass is 9.88. The maximum absolute atomic E-state index is 13.2. The van der Waals surface area contributed by atoms with E-state index in [1.165, 1.54) is 6.08 Å². The van der Waals surface area contributed by atoms with Gasteiger partial charge in [0.05, 0.1) is 16.6 Å². The van der Waals surface area contributed by atoms with Crippen molar-refractivity contribution in [3.8, 4) is 0 Å². The standard InChI is InChI=1S/C21H16Cl2N2O3/c22-14-6-8-16(18(23)10-14)21(28)17(13-4-2-1-3-5-13)11-19-24-12-15(25-19)7-9-20(26)27/h1-10,12,17H,11H2,(H,24,25)(H,26,27)/b9-7+. The van der Waals surface area contributed by atoms with Crippen molar-refractivity contribution in [3.05, 3.63) is 93.5 Å². The number of H-pyrrole nitrogens is 1. The first-order chi connectivity index (χ1) is 13.4. The molecule has 7 heteroatoms. The Balaban J connectivity index is 1.92. The van der Waals surface area contributed by atoms with Crippen molar-refractivity contribution < 1.29 is 14.7 Å². The Kier molecular flexibility index (Phi) is 6.29. The average molecular weight is 415 g/mol. The van der Waals surface area contributed by atoms with Crippen LogP contribution in [0.25, 0.3) is 6.08 Å². The van der Waals surface area contributed by atoms with Crippen molar-refractivity contribution in [2.45, 2.75) is 12.3 Å². The number of hydrogen-bond acceptors (Lipinski definition) is 3.